The summed E-state index contributed by atoms with van der Waals surface area (Å²) < 4.78 is 0. The smallest absolute Gasteiger partial charge is 0.319 e. The molecule has 5 heteroatoms. The highest BCUT2D eigenvalue weighted by molar-refractivity contribution is 5.94. The van der Waals surface area contributed by atoms with Gasteiger partial charge in [0.15, 0.2) is 0 Å². The third-order valence-electron chi connectivity index (χ3n) is 4.41. The van der Waals surface area contributed by atoms with Crippen molar-refractivity contribution in [3.05, 3.63) is 65.2 Å². The molecule has 3 rings (SSSR count). The Morgan fingerprint density at radius 3 is 2.28 bits per heavy atom. The predicted molar refractivity (Wildman–Crippen MR) is 98.3 cm³/mol. The summed E-state index contributed by atoms with van der Waals surface area (Å²) in [6.07, 6.45) is 0.631. The monoisotopic (exact) mass is 337 g/mol. The van der Waals surface area contributed by atoms with Crippen molar-refractivity contribution in [1.82, 2.24) is 10.2 Å². The molecule has 3 amide bonds. The van der Waals surface area contributed by atoms with Crippen molar-refractivity contribution in [2.45, 2.75) is 32.9 Å². The van der Waals surface area contributed by atoms with Crippen molar-refractivity contribution in [2.75, 3.05) is 11.9 Å². The highest BCUT2D eigenvalue weighted by atomic mass is 16.2. The minimum Gasteiger partial charge on any atom is -0.336 e. The van der Waals surface area contributed by atoms with E-state index in [1.54, 1.807) is 4.90 Å². The van der Waals surface area contributed by atoms with Crippen molar-refractivity contribution in [3.8, 4) is 0 Å². The van der Waals surface area contributed by atoms with E-state index in [-0.39, 0.29) is 11.9 Å². The number of hydrogen-bond donors (Lipinski definition) is 2. The second kappa shape index (κ2) is 7.38. The predicted octanol–water partition coefficient (Wildman–Crippen LogP) is 3.23. The molecule has 0 aromatic heterocycles. The van der Waals surface area contributed by atoms with Crippen molar-refractivity contribution < 1.29 is 9.59 Å². The lowest BCUT2D eigenvalue weighted by Crippen LogP contribution is -2.43. The van der Waals surface area contributed by atoms with E-state index >= 15 is 0 Å². The van der Waals surface area contributed by atoms with Gasteiger partial charge in [0.1, 0.15) is 6.04 Å². The van der Waals surface area contributed by atoms with Crippen LogP contribution in [0.4, 0.5) is 10.5 Å². The number of rotatable bonds is 4. The van der Waals surface area contributed by atoms with Gasteiger partial charge in [-0.3, -0.25) is 4.79 Å². The molecule has 0 bridgehead atoms. The van der Waals surface area contributed by atoms with Crippen LogP contribution < -0.4 is 10.6 Å². The summed E-state index contributed by atoms with van der Waals surface area (Å²) in [5, 5.41) is 5.54. The fraction of sp³-hybridized carbons (Fsp3) is 0.300. The number of benzene rings is 2. The molecule has 1 aliphatic heterocycles. The van der Waals surface area contributed by atoms with Crippen LogP contribution >= 0.6 is 0 Å². The summed E-state index contributed by atoms with van der Waals surface area (Å²) in [6.45, 7) is 5.26. The molecular weight excluding hydrogens is 314 g/mol. The van der Waals surface area contributed by atoms with E-state index in [1.807, 2.05) is 62.4 Å². The van der Waals surface area contributed by atoms with Gasteiger partial charge >= 0.3 is 6.03 Å². The molecule has 1 atom stereocenters. The number of carbonyl (C=O) groups is 2. The first-order valence-electron chi connectivity index (χ1n) is 8.50. The third kappa shape index (κ3) is 4.38. The van der Waals surface area contributed by atoms with Crippen LogP contribution in [0.5, 0.6) is 0 Å². The summed E-state index contributed by atoms with van der Waals surface area (Å²) in [5.41, 5.74) is 4.14. The molecule has 1 fully saturated rings. The van der Waals surface area contributed by atoms with Gasteiger partial charge < -0.3 is 15.5 Å². The van der Waals surface area contributed by atoms with Gasteiger partial charge in [0.25, 0.3) is 0 Å². The van der Waals surface area contributed by atoms with Crippen molar-refractivity contribution >= 4 is 17.6 Å². The van der Waals surface area contributed by atoms with Crippen LogP contribution in [-0.4, -0.2) is 29.4 Å². The topological polar surface area (TPSA) is 61.4 Å². The Hall–Kier alpha value is -2.82. The van der Waals surface area contributed by atoms with E-state index in [1.165, 1.54) is 5.56 Å². The first kappa shape index (κ1) is 17.0. The molecule has 0 spiro atoms. The Kier molecular flexibility index (Phi) is 5.03. The summed E-state index contributed by atoms with van der Waals surface area (Å²) in [7, 11) is 0. The zero-order chi connectivity index (χ0) is 17.8. The summed E-state index contributed by atoms with van der Waals surface area (Å²) in [4.78, 5) is 26.4. The molecule has 2 aromatic carbocycles. The zero-order valence-corrected chi connectivity index (χ0v) is 14.6. The Bertz CT molecular complexity index is 754. The van der Waals surface area contributed by atoms with Crippen LogP contribution in [0.1, 0.15) is 23.1 Å². The second-order valence-corrected chi connectivity index (χ2v) is 6.55. The Morgan fingerprint density at radius 2 is 1.64 bits per heavy atom. The highest BCUT2D eigenvalue weighted by Gasteiger charge is 2.32. The maximum absolute atomic E-state index is 12.5. The van der Waals surface area contributed by atoms with E-state index in [0.29, 0.717) is 25.2 Å². The lowest BCUT2D eigenvalue weighted by atomic mass is 10.1. The number of nitrogens with zero attached hydrogens (tertiary/aromatic N) is 1. The van der Waals surface area contributed by atoms with Gasteiger partial charge in [0.2, 0.25) is 5.91 Å². The number of nitrogens with one attached hydrogen (secondary N) is 2. The first-order chi connectivity index (χ1) is 12.0. The molecule has 0 saturated carbocycles. The minimum atomic E-state index is -0.462. The number of aryl methyl sites for hydroxylation is 2. The molecule has 130 valence electrons. The van der Waals surface area contributed by atoms with Crippen molar-refractivity contribution in [1.29, 1.82) is 0 Å². The van der Waals surface area contributed by atoms with Crippen LogP contribution in [0.2, 0.25) is 0 Å². The average molecular weight is 337 g/mol. The number of likely N-dealkylation sites (tertiary alicyclic amines) is 1. The molecule has 2 N–H and O–H groups in total. The number of amides is 3. The SMILES string of the molecule is Cc1ccc(CN2CCC(NC(=O)Nc3ccc(C)cc3)C2=O)cc1. The molecule has 0 radical (unpaired) electrons. The number of anilines is 1. The van der Waals surface area contributed by atoms with Crippen LogP contribution in [0, 0.1) is 13.8 Å². The van der Waals surface area contributed by atoms with Gasteiger partial charge in [-0.25, -0.2) is 4.79 Å². The highest BCUT2D eigenvalue weighted by Crippen LogP contribution is 2.16. The number of urea groups is 1. The fourth-order valence-electron chi connectivity index (χ4n) is 2.91. The van der Waals surface area contributed by atoms with E-state index in [2.05, 4.69) is 10.6 Å². The third-order valence-corrected chi connectivity index (χ3v) is 4.41. The van der Waals surface area contributed by atoms with Crippen molar-refractivity contribution in [2.24, 2.45) is 0 Å². The Labute approximate surface area is 148 Å². The molecule has 5 nitrogen and oxygen atoms in total. The molecular formula is C20H23N3O2. The Morgan fingerprint density at radius 1 is 1.04 bits per heavy atom. The molecule has 25 heavy (non-hydrogen) atoms. The van der Waals surface area contributed by atoms with Gasteiger partial charge in [0, 0.05) is 18.8 Å². The summed E-state index contributed by atoms with van der Waals surface area (Å²) in [6, 6.07) is 14.9. The van der Waals surface area contributed by atoms with Gasteiger partial charge in [-0.1, -0.05) is 47.5 Å². The van der Waals surface area contributed by atoms with Crippen LogP contribution in [-0.2, 0) is 11.3 Å². The molecule has 1 saturated heterocycles. The molecule has 1 unspecified atom stereocenters. The van der Waals surface area contributed by atoms with Crippen LogP contribution in [0.25, 0.3) is 0 Å². The first-order valence-corrected chi connectivity index (χ1v) is 8.50. The van der Waals surface area contributed by atoms with Crippen LogP contribution in [0.3, 0.4) is 0 Å². The molecule has 0 aliphatic carbocycles. The normalized spacial score (nSPS) is 16.8. The second-order valence-electron chi connectivity index (χ2n) is 6.55. The number of carbonyl (C=O) groups excluding carboxylic acids is 2. The van der Waals surface area contributed by atoms with E-state index in [0.717, 1.165) is 11.1 Å². The largest absolute Gasteiger partial charge is 0.336 e. The van der Waals surface area contributed by atoms with E-state index < -0.39 is 6.04 Å². The molecule has 1 heterocycles. The van der Waals surface area contributed by atoms with Crippen molar-refractivity contribution in [3.63, 3.8) is 0 Å². The van der Waals surface area contributed by atoms with Gasteiger partial charge in [-0.05, 0) is 38.0 Å². The van der Waals surface area contributed by atoms with E-state index in [9.17, 15) is 9.59 Å². The zero-order valence-electron chi connectivity index (χ0n) is 14.6. The van der Waals surface area contributed by atoms with Gasteiger partial charge in [-0.15, -0.1) is 0 Å². The standard InChI is InChI=1S/C20H23N3O2/c1-14-3-7-16(8-4-14)13-23-12-11-18(19(23)24)22-20(25)21-17-9-5-15(2)6-10-17/h3-10,18H,11-13H2,1-2H3,(H2,21,22,25). The van der Waals surface area contributed by atoms with Crippen LogP contribution in [0.15, 0.2) is 48.5 Å². The van der Waals surface area contributed by atoms with E-state index in [4.69, 9.17) is 0 Å². The maximum atomic E-state index is 12.5. The lowest BCUT2D eigenvalue weighted by molar-refractivity contribution is -0.129. The average Bonchev–Trinajstić information content (AvgIpc) is 2.92. The summed E-state index contributed by atoms with van der Waals surface area (Å²) >= 11 is 0. The maximum Gasteiger partial charge on any atom is 0.319 e. The fourth-order valence-corrected chi connectivity index (χ4v) is 2.91. The quantitative estimate of drug-likeness (QED) is 0.900. The lowest BCUT2D eigenvalue weighted by Gasteiger charge is -2.17. The Balaban J connectivity index is 1.53. The molecule has 1 aliphatic rings. The van der Waals surface area contributed by atoms with Gasteiger partial charge in [-0.2, -0.15) is 0 Å². The van der Waals surface area contributed by atoms with Gasteiger partial charge in [0.05, 0.1) is 0 Å². The minimum absolute atomic E-state index is 0.0281. The number of hydrogen-bond acceptors (Lipinski definition) is 2. The summed E-state index contributed by atoms with van der Waals surface area (Å²) in [5.74, 6) is -0.0281. The molecule has 2 aromatic rings.